The lowest BCUT2D eigenvalue weighted by molar-refractivity contribution is -0.141. The van der Waals surface area contributed by atoms with Crippen molar-refractivity contribution < 1.29 is 13.2 Å². The van der Waals surface area contributed by atoms with Crippen molar-refractivity contribution in [1.82, 2.24) is 9.97 Å². The molecule has 0 aromatic carbocycles. The van der Waals surface area contributed by atoms with Gasteiger partial charge in [-0.2, -0.15) is 13.2 Å². The first-order chi connectivity index (χ1) is 8.02. The third kappa shape index (κ3) is 2.45. The Kier molecular flexibility index (Phi) is 3.12. The van der Waals surface area contributed by atoms with E-state index in [1.54, 1.807) is 18.2 Å². The van der Waals surface area contributed by atoms with Crippen LogP contribution in [0.4, 0.5) is 13.2 Å². The first kappa shape index (κ1) is 12.0. The van der Waals surface area contributed by atoms with Gasteiger partial charge in [-0.25, -0.2) is 4.98 Å². The summed E-state index contributed by atoms with van der Waals surface area (Å²) >= 11 is 0.921. The van der Waals surface area contributed by atoms with Crippen molar-refractivity contribution in [3.63, 3.8) is 0 Å². The predicted molar refractivity (Wildman–Crippen MR) is 58.2 cm³/mol. The van der Waals surface area contributed by atoms with E-state index in [1.807, 2.05) is 0 Å². The molecule has 0 radical (unpaired) electrons. The Morgan fingerprint density at radius 2 is 2.06 bits per heavy atom. The van der Waals surface area contributed by atoms with Crippen molar-refractivity contribution in [3.05, 3.63) is 35.0 Å². The Labute approximate surface area is 99.1 Å². The predicted octanol–water partition coefficient (Wildman–Crippen LogP) is 2.68. The molecule has 0 aliphatic carbocycles. The highest BCUT2D eigenvalue weighted by atomic mass is 32.1. The number of alkyl halides is 3. The van der Waals surface area contributed by atoms with Gasteiger partial charge in [-0.1, -0.05) is 6.07 Å². The molecule has 2 aromatic heterocycles. The van der Waals surface area contributed by atoms with Crippen LogP contribution in [0.3, 0.4) is 0 Å². The summed E-state index contributed by atoms with van der Waals surface area (Å²) in [5, 5.41) is 0.235. The molecule has 17 heavy (non-hydrogen) atoms. The summed E-state index contributed by atoms with van der Waals surface area (Å²) in [4.78, 5) is 7.56. The standard InChI is InChI=1S/C10H8F3N3S/c11-10(12,13)8-7(5-14)17-9(16-8)6-3-1-2-4-15-6/h1-4H,5,14H2. The molecule has 7 heteroatoms. The Bertz CT molecular complexity index is 507. The average molecular weight is 259 g/mol. The largest absolute Gasteiger partial charge is 0.434 e. The number of halogens is 3. The molecule has 0 saturated heterocycles. The number of hydrogen-bond donors (Lipinski definition) is 1. The molecule has 0 saturated carbocycles. The molecular weight excluding hydrogens is 251 g/mol. The molecule has 2 aromatic rings. The number of rotatable bonds is 2. The number of thiazole rings is 1. The van der Waals surface area contributed by atoms with Crippen molar-refractivity contribution in [3.8, 4) is 10.7 Å². The lowest BCUT2D eigenvalue weighted by atomic mass is 10.3. The van der Waals surface area contributed by atoms with Gasteiger partial charge in [-0.3, -0.25) is 4.98 Å². The van der Waals surface area contributed by atoms with Gasteiger partial charge in [0.05, 0.1) is 10.6 Å². The van der Waals surface area contributed by atoms with Crippen LogP contribution < -0.4 is 5.73 Å². The van der Waals surface area contributed by atoms with E-state index in [0.717, 1.165) is 11.3 Å². The van der Waals surface area contributed by atoms with E-state index >= 15 is 0 Å². The van der Waals surface area contributed by atoms with Crippen LogP contribution in [0.25, 0.3) is 10.7 Å². The van der Waals surface area contributed by atoms with Crippen LogP contribution in [-0.2, 0) is 12.7 Å². The molecule has 0 aliphatic rings. The summed E-state index contributed by atoms with van der Waals surface area (Å²) in [6.45, 7) is -0.181. The summed E-state index contributed by atoms with van der Waals surface area (Å²) < 4.78 is 37.9. The number of aromatic nitrogens is 2. The molecule has 0 bridgehead atoms. The van der Waals surface area contributed by atoms with Gasteiger partial charge in [0.25, 0.3) is 0 Å². The van der Waals surface area contributed by atoms with E-state index < -0.39 is 11.9 Å². The zero-order valence-corrected chi connectivity index (χ0v) is 9.35. The van der Waals surface area contributed by atoms with Crippen LogP contribution in [0, 0.1) is 0 Å². The summed E-state index contributed by atoms with van der Waals surface area (Å²) in [5.74, 6) is 0. The third-order valence-corrected chi connectivity index (χ3v) is 3.14. The maximum absolute atomic E-state index is 12.6. The van der Waals surface area contributed by atoms with E-state index in [1.165, 1.54) is 6.20 Å². The van der Waals surface area contributed by atoms with E-state index in [0.29, 0.717) is 5.69 Å². The van der Waals surface area contributed by atoms with Crippen LogP contribution in [0.15, 0.2) is 24.4 Å². The minimum atomic E-state index is -4.47. The first-order valence-corrected chi connectivity index (χ1v) is 5.52. The number of hydrogen-bond acceptors (Lipinski definition) is 4. The molecule has 2 rings (SSSR count). The smallest absolute Gasteiger partial charge is 0.326 e. The van der Waals surface area contributed by atoms with Crippen molar-refractivity contribution in [2.24, 2.45) is 5.73 Å². The Morgan fingerprint density at radius 3 is 2.53 bits per heavy atom. The topological polar surface area (TPSA) is 51.8 Å². The molecule has 0 unspecified atom stereocenters. The highest BCUT2D eigenvalue weighted by Gasteiger charge is 2.37. The van der Waals surface area contributed by atoms with E-state index in [-0.39, 0.29) is 16.4 Å². The number of nitrogens with zero attached hydrogens (tertiary/aromatic N) is 2. The lowest BCUT2D eigenvalue weighted by Crippen LogP contribution is -2.10. The van der Waals surface area contributed by atoms with E-state index in [4.69, 9.17) is 5.73 Å². The van der Waals surface area contributed by atoms with Gasteiger partial charge in [-0.15, -0.1) is 11.3 Å². The summed E-state index contributed by atoms with van der Waals surface area (Å²) in [6.07, 6.45) is -2.97. The van der Waals surface area contributed by atoms with Crippen LogP contribution in [0.1, 0.15) is 10.6 Å². The van der Waals surface area contributed by atoms with Gasteiger partial charge in [0, 0.05) is 12.7 Å². The van der Waals surface area contributed by atoms with Crippen LogP contribution in [0.2, 0.25) is 0 Å². The second-order valence-corrected chi connectivity index (χ2v) is 4.29. The fraction of sp³-hybridized carbons (Fsp3) is 0.200. The van der Waals surface area contributed by atoms with Crippen LogP contribution >= 0.6 is 11.3 Å². The minimum absolute atomic E-state index is 0.0261. The van der Waals surface area contributed by atoms with Crippen molar-refractivity contribution in [1.29, 1.82) is 0 Å². The van der Waals surface area contributed by atoms with E-state index in [9.17, 15) is 13.2 Å². The van der Waals surface area contributed by atoms with Gasteiger partial charge in [0.1, 0.15) is 5.01 Å². The SMILES string of the molecule is NCc1sc(-c2ccccn2)nc1C(F)(F)F. The average Bonchev–Trinajstić information content (AvgIpc) is 2.74. The van der Waals surface area contributed by atoms with E-state index in [2.05, 4.69) is 9.97 Å². The maximum Gasteiger partial charge on any atom is 0.434 e. The first-order valence-electron chi connectivity index (χ1n) is 4.70. The van der Waals surface area contributed by atoms with Crippen LogP contribution in [0.5, 0.6) is 0 Å². The fourth-order valence-electron chi connectivity index (χ4n) is 1.31. The quantitative estimate of drug-likeness (QED) is 0.902. The lowest BCUT2D eigenvalue weighted by Gasteiger charge is -2.03. The minimum Gasteiger partial charge on any atom is -0.326 e. The Morgan fingerprint density at radius 1 is 1.29 bits per heavy atom. The molecule has 0 atom stereocenters. The monoisotopic (exact) mass is 259 g/mol. The van der Waals surface area contributed by atoms with Crippen molar-refractivity contribution in [2.45, 2.75) is 12.7 Å². The Balaban J connectivity index is 2.49. The summed E-state index contributed by atoms with van der Waals surface area (Å²) in [6, 6.07) is 4.99. The summed E-state index contributed by atoms with van der Waals surface area (Å²) in [7, 11) is 0. The molecule has 2 N–H and O–H groups in total. The summed E-state index contributed by atoms with van der Waals surface area (Å²) in [5.41, 5.74) is 4.80. The number of pyridine rings is 1. The normalized spacial score (nSPS) is 11.8. The molecule has 2 heterocycles. The molecule has 0 spiro atoms. The second-order valence-electron chi connectivity index (χ2n) is 3.21. The molecular formula is C10H8F3N3S. The van der Waals surface area contributed by atoms with Crippen molar-refractivity contribution in [2.75, 3.05) is 0 Å². The molecule has 3 nitrogen and oxygen atoms in total. The van der Waals surface area contributed by atoms with Crippen LogP contribution in [-0.4, -0.2) is 9.97 Å². The molecule has 0 amide bonds. The van der Waals surface area contributed by atoms with Gasteiger partial charge in [-0.05, 0) is 12.1 Å². The molecule has 0 aliphatic heterocycles. The van der Waals surface area contributed by atoms with Gasteiger partial charge in [0.2, 0.25) is 0 Å². The molecule has 90 valence electrons. The zero-order valence-electron chi connectivity index (χ0n) is 8.53. The van der Waals surface area contributed by atoms with Gasteiger partial charge < -0.3 is 5.73 Å². The maximum atomic E-state index is 12.6. The van der Waals surface area contributed by atoms with Gasteiger partial charge >= 0.3 is 6.18 Å². The zero-order chi connectivity index (χ0) is 12.5. The highest BCUT2D eigenvalue weighted by Crippen LogP contribution is 2.36. The highest BCUT2D eigenvalue weighted by molar-refractivity contribution is 7.15. The Hall–Kier alpha value is -1.47. The van der Waals surface area contributed by atoms with Crippen molar-refractivity contribution >= 4 is 11.3 Å². The third-order valence-electron chi connectivity index (χ3n) is 2.04. The number of nitrogens with two attached hydrogens (primary N) is 1. The molecule has 0 fully saturated rings. The second kappa shape index (κ2) is 4.42. The van der Waals surface area contributed by atoms with Gasteiger partial charge in [0.15, 0.2) is 5.69 Å². The fourth-order valence-corrected chi connectivity index (χ4v) is 2.25.